The van der Waals surface area contributed by atoms with E-state index in [0.29, 0.717) is 19.4 Å². The van der Waals surface area contributed by atoms with E-state index in [4.69, 9.17) is 10.8 Å². The Bertz CT molecular complexity index is 342. The minimum Gasteiger partial charge on any atom is -0.481 e. The van der Waals surface area contributed by atoms with E-state index in [2.05, 4.69) is 10.6 Å². The summed E-state index contributed by atoms with van der Waals surface area (Å²) >= 11 is 0. The van der Waals surface area contributed by atoms with Crippen molar-refractivity contribution in [3.8, 4) is 0 Å². The summed E-state index contributed by atoms with van der Waals surface area (Å²) in [5.41, 5.74) is 4.03. The highest BCUT2D eigenvalue weighted by molar-refractivity contribution is 5.89. The third-order valence-corrected chi connectivity index (χ3v) is 2.82. The number of hydrogen-bond acceptors (Lipinski definition) is 3. The van der Waals surface area contributed by atoms with Crippen molar-refractivity contribution in [2.45, 2.75) is 45.6 Å². The van der Waals surface area contributed by atoms with Gasteiger partial charge in [0.15, 0.2) is 0 Å². The van der Waals surface area contributed by atoms with Gasteiger partial charge in [0.05, 0.1) is 0 Å². The van der Waals surface area contributed by atoms with Gasteiger partial charge < -0.3 is 21.5 Å². The molecule has 0 aliphatic heterocycles. The van der Waals surface area contributed by atoms with E-state index >= 15 is 0 Å². The maximum atomic E-state index is 11.5. The summed E-state index contributed by atoms with van der Waals surface area (Å²) in [4.78, 5) is 32.9. The van der Waals surface area contributed by atoms with Gasteiger partial charge in [-0.15, -0.1) is 0 Å². The van der Waals surface area contributed by atoms with E-state index in [-0.39, 0.29) is 12.3 Å². The highest BCUT2D eigenvalue weighted by atomic mass is 16.4. The summed E-state index contributed by atoms with van der Waals surface area (Å²) in [5, 5.41) is 13.6. The van der Waals surface area contributed by atoms with Crippen LogP contribution in [0, 0.1) is 5.92 Å². The zero-order valence-electron chi connectivity index (χ0n) is 11.7. The molecule has 7 heteroatoms. The number of carboxylic acid groups (broad SMARTS) is 1. The number of urea groups is 1. The van der Waals surface area contributed by atoms with Crippen LogP contribution in [0.2, 0.25) is 0 Å². The number of carbonyl (C=O) groups excluding carboxylic acids is 2. The lowest BCUT2D eigenvalue weighted by atomic mass is 10.0. The van der Waals surface area contributed by atoms with Gasteiger partial charge >= 0.3 is 12.0 Å². The van der Waals surface area contributed by atoms with Gasteiger partial charge in [-0.3, -0.25) is 9.59 Å². The topological polar surface area (TPSA) is 122 Å². The molecule has 3 amide bonds. The molecule has 0 spiro atoms. The van der Waals surface area contributed by atoms with Gasteiger partial charge in [0.1, 0.15) is 5.54 Å². The fraction of sp³-hybridized carbons (Fsp3) is 0.750. The Hall–Kier alpha value is -1.79. The number of primary amides is 1. The Morgan fingerprint density at radius 3 is 2.32 bits per heavy atom. The summed E-state index contributed by atoms with van der Waals surface area (Å²) in [6.45, 7) is 5.38. The third kappa shape index (κ3) is 8.01. The summed E-state index contributed by atoms with van der Waals surface area (Å²) in [6, 6.07) is -0.464. The molecule has 110 valence electrons. The number of aliphatic carboxylic acids is 1. The third-order valence-electron chi connectivity index (χ3n) is 2.82. The zero-order valence-corrected chi connectivity index (χ0v) is 11.7. The van der Waals surface area contributed by atoms with Crippen molar-refractivity contribution in [3.63, 3.8) is 0 Å². The summed E-state index contributed by atoms with van der Waals surface area (Å²) in [6.07, 6.45) is 1.38. The highest BCUT2D eigenvalue weighted by Gasteiger charge is 2.26. The van der Waals surface area contributed by atoms with Crippen LogP contribution in [0.25, 0.3) is 0 Å². The molecular weight excluding hydrogens is 250 g/mol. The second-order valence-corrected chi connectivity index (χ2v) is 5.20. The van der Waals surface area contributed by atoms with Crippen molar-refractivity contribution < 1.29 is 19.5 Å². The number of nitrogens with two attached hydrogens (primary N) is 1. The van der Waals surface area contributed by atoms with Gasteiger partial charge in [0.2, 0.25) is 5.91 Å². The number of rotatable bonds is 8. The molecule has 0 aliphatic carbocycles. The van der Waals surface area contributed by atoms with Gasteiger partial charge in [-0.25, -0.2) is 4.79 Å². The molecule has 0 bridgehead atoms. The molecule has 1 unspecified atom stereocenters. The maximum Gasteiger partial charge on any atom is 0.315 e. The predicted molar refractivity (Wildman–Crippen MR) is 70.5 cm³/mol. The number of carbonyl (C=O) groups is 3. The molecule has 0 aromatic heterocycles. The fourth-order valence-electron chi connectivity index (χ4n) is 1.34. The van der Waals surface area contributed by atoms with Crippen molar-refractivity contribution in [2.24, 2.45) is 11.7 Å². The summed E-state index contributed by atoms with van der Waals surface area (Å²) < 4.78 is 0. The average molecular weight is 273 g/mol. The maximum absolute atomic E-state index is 11.5. The molecule has 1 atom stereocenters. The quantitative estimate of drug-likeness (QED) is 0.512. The van der Waals surface area contributed by atoms with Gasteiger partial charge in [0, 0.05) is 13.0 Å². The first-order valence-corrected chi connectivity index (χ1v) is 6.23. The van der Waals surface area contributed by atoms with E-state index in [1.54, 1.807) is 0 Å². The van der Waals surface area contributed by atoms with Crippen LogP contribution in [0.3, 0.4) is 0 Å². The van der Waals surface area contributed by atoms with Crippen molar-refractivity contribution in [1.29, 1.82) is 0 Å². The van der Waals surface area contributed by atoms with E-state index in [1.165, 1.54) is 13.8 Å². The smallest absolute Gasteiger partial charge is 0.315 e. The lowest BCUT2D eigenvalue weighted by molar-refractivity contribution is -0.137. The molecule has 0 saturated heterocycles. The first kappa shape index (κ1) is 17.2. The largest absolute Gasteiger partial charge is 0.481 e. The molecule has 0 fully saturated rings. The molecule has 0 heterocycles. The van der Waals surface area contributed by atoms with Crippen molar-refractivity contribution in [2.75, 3.05) is 6.54 Å². The molecular formula is C12H23N3O4. The standard InChI is InChI=1S/C12H23N3O4/c1-8(4-5-9(16)17)6-7-14-11(19)15-12(2,3)10(13)18/h8H,4-7H2,1-3H3,(H2,13,18)(H,16,17)(H2,14,15,19). The van der Waals surface area contributed by atoms with Crippen molar-refractivity contribution in [3.05, 3.63) is 0 Å². The van der Waals surface area contributed by atoms with Gasteiger partial charge in [-0.2, -0.15) is 0 Å². The molecule has 7 nitrogen and oxygen atoms in total. The monoisotopic (exact) mass is 273 g/mol. The lowest BCUT2D eigenvalue weighted by Crippen LogP contribution is -2.55. The Morgan fingerprint density at radius 1 is 1.26 bits per heavy atom. The fourth-order valence-corrected chi connectivity index (χ4v) is 1.34. The number of nitrogens with one attached hydrogen (secondary N) is 2. The minimum atomic E-state index is -1.10. The number of amides is 3. The van der Waals surface area contributed by atoms with Crippen LogP contribution in [0.1, 0.15) is 40.0 Å². The van der Waals surface area contributed by atoms with Crippen LogP contribution >= 0.6 is 0 Å². The molecule has 0 rings (SSSR count). The Labute approximate surface area is 112 Å². The molecule has 0 aliphatic rings. The van der Waals surface area contributed by atoms with E-state index in [0.717, 1.165) is 0 Å². The molecule has 19 heavy (non-hydrogen) atoms. The first-order valence-electron chi connectivity index (χ1n) is 6.23. The van der Waals surface area contributed by atoms with Crippen LogP contribution in [-0.2, 0) is 9.59 Å². The highest BCUT2D eigenvalue weighted by Crippen LogP contribution is 2.09. The van der Waals surface area contributed by atoms with Gasteiger partial charge in [-0.1, -0.05) is 6.92 Å². The normalized spacial score (nSPS) is 12.6. The Balaban J connectivity index is 3.86. The predicted octanol–water partition coefficient (Wildman–Crippen LogP) is 0.441. The molecule has 0 radical (unpaired) electrons. The second kappa shape index (κ2) is 7.60. The SMILES string of the molecule is CC(CCNC(=O)NC(C)(C)C(N)=O)CCC(=O)O. The van der Waals surface area contributed by atoms with Crippen molar-refractivity contribution in [1.82, 2.24) is 10.6 Å². The molecule has 0 saturated carbocycles. The van der Waals surface area contributed by atoms with Crippen LogP contribution < -0.4 is 16.4 Å². The Kier molecular flexibility index (Phi) is 6.89. The van der Waals surface area contributed by atoms with E-state index < -0.39 is 23.4 Å². The van der Waals surface area contributed by atoms with Crippen LogP contribution in [0.15, 0.2) is 0 Å². The van der Waals surface area contributed by atoms with E-state index in [1.807, 2.05) is 6.92 Å². The lowest BCUT2D eigenvalue weighted by Gasteiger charge is -2.22. The minimum absolute atomic E-state index is 0.127. The van der Waals surface area contributed by atoms with E-state index in [9.17, 15) is 14.4 Å². The van der Waals surface area contributed by atoms with Crippen LogP contribution in [0.5, 0.6) is 0 Å². The Morgan fingerprint density at radius 2 is 1.84 bits per heavy atom. The van der Waals surface area contributed by atoms with Gasteiger partial charge in [-0.05, 0) is 32.6 Å². The molecule has 0 aromatic rings. The van der Waals surface area contributed by atoms with Crippen LogP contribution in [0.4, 0.5) is 4.79 Å². The average Bonchev–Trinajstić information content (AvgIpc) is 2.25. The number of hydrogen-bond donors (Lipinski definition) is 4. The summed E-state index contributed by atoms with van der Waals surface area (Å²) in [7, 11) is 0. The van der Waals surface area contributed by atoms with Crippen LogP contribution in [-0.4, -0.2) is 35.1 Å². The number of carboxylic acids is 1. The van der Waals surface area contributed by atoms with Gasteiger partial charge in [0.25, 0.3) is 0 Å². The van der Waals surface area contributed by atoms with Crippen molar-refractivity contribution >= 4 is 17.9 Å². The molecule has 5 N–H and O–H groups in total. The first-order chi connectivity index (χ1) is 8.65. The zero-order chi connectivity index (χ0) is 15.1. The second-order valence-electron chi connectivity index (χ2n) is 5.20. The molecule has 0 aromatic carbocycles. The summed E-state index contributed by atoms with van der Waals surface area (Å²) in [5.74, 6) is -1.22.